The molecule has 0 aliphatic carbocycles. The van der Waals surface area contributed by atoms with E-state index in [0.29, 0.717) is 43.4 Å². The maximum absolute atomic E-state index is 12.8. The van der Waals surface area contributed by atoms with E-state index in [4.69, 9.17) is 19.9 Å². The van der Waals surface area contributed by atoms with Crippen LogP contribution in [0.3, 0.4) is 0 Å². The first kappa shape index (κ1) is 17.8. The maximum Gasteiger partial charge on any atom is 0.254 e. The molecule has 0 aromatic heterocycles. The quantitative estimate of drug-likeness (QED) is 0.900. The summed E-state index contributed by atoms with van der Waals surface area (Å²) in [5, 5.41) is 0. The Labute approximate surface area is 142 Å². The number of likely N-dealkylation sites (tertiary alicyclic amines) is 1. The lowest BCUT2D eigenvalue weighted by Crippen LogP contribution is -2.51. The average molecular weight is 343 g/mol. The van der Waals surface area contributed by atoms with Gasteiger partial charge in [0.2, 0.25) is 0 Å². The third-order valence-corrected chi connectivity index (χ3v) is 4.32. The molecule has 1 fully saturated rings. The molecular formula is C16H23ClN2O4. The molecule has 1 saturated heterocycles. The fourth-order valence-electron chi connectivity index (χ4n) is 3.06. The summed E-state index contributed by atoms with van der Waals surface area (Å²) in [7, 11) is 1.70. The molecule has 0 spiro atoms. The van der Waals surface area contributed by atoms with E-state index in [1.54, 1.807) is 25.3 Å². The number of carbonyl (C=O) groups is 1. The number of rotatable bonds is 3. The van der Waals surface area contributed by atoms with Crippen molar-refractivity contribution >= 4 is 18.3 Å². The number of benzene rings is 1. The van der Waals surface area contributed by atoms with Crippen molar-refractivity contribution in [1.82, 2.24) is 4.90 Å². The number of carbonyl (C=O) groups excluding carboxylic acids is 1. The molecule has 2 aliphatic rings. The number of methoxy groups -OCH3 is 1. The van der Waals surface area contributed by atoms with Crippen LogP contribution in [-0.2, 0) is 4.74 Å². The molecule has 2 N–H and O–H groups in total. The second-order valence-electron chi connectivity index (χ2n) is 5.63. The molecule has 2 unspecified atom stereocenters. The van der Waals surface area contributed by atoms with E-state index in [2.05, 4.69) is 0 Å². The fourth-order valence-corrected chi connectivity index (χ4v) is 3.06. The van der Waals surface area contributed by atoms with Crippen molar-refractivity contribution in [1.29, 1.82) is 0 Å². The Bertz CT molecular complexity index is 555. The van der Waals surface area contributed by atoms with Crippen LogP contribution in [0, 0.1) is 0 Å². The summed E-state index contributed by atoms with van der Waals surface area (Å²) in [6, 6.07) is 5.35. The lowest BCUT2D eigenvalue weighted by Gasteiger charge is -2.38. The van der Waals surface area contributed by atoms with Crippen LogP contribution in [0.15, 0.2) is 18.2 Å². The van der Waals surface area contributed by atoms with Crippen LogP contribution in [0.25, 0.3) is 0 Å². The van der Waals surface area contributed by atoms with Gasteiger partial charge in [-0.3, -0.25) is 4.79 Å². The molecule has 7 heteroatoms. The number of ether oxygens (including phenoxy) is 3. The topological polar surface area (TPSA) is 74.0 Å². The number of halogens is 1. The third kappa shape index (κ3) is 3.71. The summed E-state index contributed by atoms with van der Waals surface area (Å²) in [5.74, 6) is 1.31. The van der Waals surface area contributed by atoms with Gasteiger partial charge in [-0.1, -0.05) is 0 Å². The van der Waals surface area contributed by atoms with Crippen molar-refractivity contribution in [3.8, 4) is 11.5 Å². The van der Waals surface area contributed by atoms with E-state index >= 15 is 0 Å². The molecule has 1 aromatic rings. The highest BCUT2D eigenvalue weighted by atomic mass is 35.5. The Hall–Kier alpha value is -1.50. The zero-order valence-electron chi connectivity index (χ0n) is 13.2. The van der Waals surface area contributed by atoms with Gasteiger partial charge in [0.1, 0.15) is 13.2 Å². The van der Waals surface area contributed by atoms with Crippen molar-refractivity contribution in [3.05, 3.63) is 23.8 Å². The highest BCUT2D eigenvalue weighted by Crippen LogP contribution is 2.32. The molecule has 1 aromatic carbocycles. The number of nitrogens with two attached hydrogens (primary N) is 1. The highest BCUT2D eigenvalue weighted by molar-refractivity contribution is 5.95. The second-order valence-corrected chi connectivity index (χ2v) is 5.63. The van der Waals surface area contributed by atoms with Crippen LogP contribution in [0.1, 0.15) is 23.2 Å². The molecule has 0 radical (unpaired) electrons. The first-order valence-corrected chi connectivity index (χ1v) is 7.66. The molecule has 0 bridgehead atoms. The van der Waals surface area contributed by atoms with Crippen LogP contribution >= 0.6 is 12.4 Å². The Balaban J connectivity index is 0.00000192. The van der Waals surface area contributed by atoms with Crippen molar-refractivity contribution in [2.75, 3.05) is 33.4 Å². The SMILES string of the molecule is COC1CCN(C(=O)c2ccc3c(c2)OCCO3)C(CN)C1.Cl. The monoisotopic (exact) mass is 342 g/mol. The molecular weight excluding hydrogens is 320 g/mol. The molecule has 23 heavy (non-hydrogen) atoms. The summed E-state index contributed by atoms with van der Waals surface area (Å²) in [6.07, 6.45) is 1.80. The molecule has 2 heterocycles. The van der Waals surface area contributed by atoms with Gasteiger partial charge < -0.3 is 24.8 Å². The first-order valence-electron chi connectivity index (χ1n) is 7.66. The largest absolute Gasteiger partial charge is 0.486 e. The fraction of sp³-hybridized carbons (Fsp3) is 0.562. The standard InChI is InChI=1S/C16H22N2O4.ClH/c1-20-13-4-5-18(12(9-13)10-17)16(19)11-2-3-14-15(8-11)22-7-6-21-14;/h2-3,8,12-13H,4-7,9-10,17H2,1H3;1H. The van der Waals surface area contributed by atoms with Gasteiger partial charge in [-0.2, -0.15) is 0 Å². The predicted octanol–water partition coefficient (Wildman–Crippen LogP) is 1.46. The Morgan fingerprint density at radius 3 is 2.78 bits per heavy atom. The van der Waals surface area contributed by atoms with Gasteiger partial charge in [-0.25, -0.2) is 0 Å². The summed E-state index contributed by atoms with van der Waals surface area (Å²) in [4.78, 5) is 14.6. The predicted molar refractivity (Wildman–Crippen MR) is 88.6 cm³/mol. The number of piperidine rings is 1. The Morgan fingerprint density at radius 1 is 1.35 bits per heavy atom. The van der Waals surface area contributed by atoms with Crippen LogP contribution in [0.4, 0.5) is 0 Å². The number of hydrogen-bond donors (Lipinski definition) is 1. The van der Waals surface area contributed by atoms with Gasteiger partial charge in [0.15, 0.2) is 11.5 Å². The van der Waals surface area contributed by atoms with E-state index in [1.165, 1.54) is 0 Å². The lowest BCUT2D eigenvalue weighted by molar-refractivity contribution is 0.0138. The average Bonchev–Trinajstić information content (AvgIpc) is 2.60. The molecule has 0 saturated carbocycles. The van der Waals surface area contributed by atoms with Gasteiger partial charge in [-0.15, -0.1) is 12.4 Å². The minimum absolute atomic E-state index is 0. The Morgan fingerprint density at radius 2 is 2.09 bits per heavy atom. The minimum Gasteiger partial charge on any atom is -0.486 e. The number of fused-ring (bicyclic) bond motifs is 1. The van der Waals surface area contributed by atoms with Crippen LogP contribution in [0.2, 0.25) is 0 Å². The lowest BCUT2D eigenvalue weighted by atomic mass is 9.98. The van der Waals surface area contributed by atoms with E-state index in [9.17, 15) is 4.79 Å². The molecule has 3 rings (SSSR count). The smallest absolute Gasteiger partial charge is 0.254 e. The van der Waals surface area contributed by atoms with Gasteiger partial charge in [0, 0.05) is 31.8 Å². The Kier molecular flexibility index (Phi) is 6.10. The molecule has 2 aliphatic heterocycles. The zero-order valence-corrected chi connectivity index (χ0v) is 14.0. The van der Waals surface area contributed by atoms with Crippen molar-refractivity contribution in [3.63, 3.8) is 0 Å². The third-order valence-electron chi connectivity index (χ3n) is 4.32. The van der Waals surface area contributed by atoms with Gasteiger partial charge in [0.25, 0.3) is 5.91 Å². The molecule has 2 atom stereocenters. The van der Waals surface area contributed by atoms with E-state index < -0.39 is 0 Å². The number of amides is 1. The van der Waals surface area contributed by atoms with E-state index in [-0.39, 0.29) is 30.5 Å². The number of nitrogens with zero attached hydrogens (tertiary/aromatic N) is 1. The first-order chi connectivity index (χ1) is 10.7. The van der Waals surface area contributed by atoms with E-state index in [0.717, 1.165) is 12.8 Å². The van der Waals surface area contributed by atoms with Crippen molar-refractivity contribution < 1.29 is 19.0 Å². The maximum atomic E-state index is 12.8. The van der Waals surface area contributed by atoms with Gasteiger partial charge >= 0.3 is 0 Å². The summed E-state index contributed by atoms with van der Waals surface area (Å²) >= 11 is 0. The summed E-state index contributed by atoms with van der Waals surface area (Å²) in [6.45, 7) is 2.15. The van der Waals surface area contributed by atoms with Gasteiger partial charge in [-0.05, 0) is 31.0 Å². The van der Waals surface area contributed by atoms with Crippen molar-refractivity contribution in [2.24, 2.45) is 5.73 Å². The highest BCUT2D eigenvalue weighted by Gasteiger charge is 2.31. The van der Waals surface area contributed by atoms with E-state index in [1.807, 2.05) is 4.90 Å². The van der Waals surface area contributed by atoms with Crippen LogP contribution in [-0.4, -0.2) is 56.4 Å². The molecule has 6 nitrogen and oxygen atoms in total. The van der Waals surface area contributed by atoms with Crippen LogP contribution < -0.4 is 15.2 Å². The zero-order chi connectivity index (χ0) is 15.5. The molecule has 1 amide bonds. The minimum atomic E-state index is -0.0121. The second kappa shape index (κ2) is 7.86. The summed E-state index contributed by atoms with van der Waals surface area (Å²) < 4.78 is 16.4. The van der Waals surface area contributed by atoms with Crippen LogP contribution in [0.5, 0.6) is 11.5 Å². The van der Waals surface area contributed by atoms with Gasteiger partial charge in [0.05, 0.1) is 6.10 Å². The molecule has 128 valence electrons. The van der Waals surface area contributed by atoms with Crippen molar-refractivity contribution in [2.45, 2.75) is 25.0 Å². The normalized spacial score (nSPS) is 23.1. The number of hydrogen-bond acceptors (Lipinski definition) is 5. The summed E-state index contributed by atoms with van der Waals surface area (Å²) in [5.41, 5.74) is 6.45.